The highest BCUT2D eigenvalue weighted by Crippen LogP contribution is 2.25. The average molecular weight is 424 g/mol. The Labute approximate surface area is 172 Å². The van der Waals surface area contributed by atoms with Gasteiger partial charge in [-0.25, -0.2) is 0 Å². The van der Waals surface area contributed by atoms with Gasteiger partial charge in [0.1, 0.15) is 12.4 Å². The van der Waals surface area contributed by atoms with E-state index in [1.54, 1.807) is 13.8 Å². The van der Waals surface area contributed by atoms with Crippen LogP contribution in [0.4, 0.5) is 5.69 Å². The maximum absolute atomic E-state index is 12.5. The van der Waals surface area contributed by atoms with Gasteiger partial charge >= 0.3 is 17.9 Å². The van der Waals surface area contributed by atoms with Crippen molar-refractivity contribution in [2.45, 2.75) is 40.2 Å². The molecule has 1 aromatic rings. The highest BCUT2D eigenvalue weighted by Gasteiger charge is 2.39. The van der Waals surface area contributed by atoms with E-state index in [1.165, 1.54) is 31.2 Å². The second-order valence-electron chi connectivity index (χ2n) is 7.02. The third-order valence-corrected chi connectivity index (χ3v) is 3.79. The Hall–Kier alpha value is -3.50. The molecule has 1 amide bonds. The standard InChI is InChI=1S/C19H24N2O9/c1-12(22)28-11-19(3,4)17(29-13(2)23)18(25)20-10-9-16(24)30-15-7-5-14(6-8-15)21(26)27/h5-8,17H,9-11H2,1-4H3,(H,20,25). The van der Waals surface area contributed by atoms with Crippen LogP contribution in [0.2, 0.25) is 0 Å². The molecule has 0 aromatic heterocycles. The minimum atomic E-state index is -1.25. The zero-order valence-electron chi connectivity index (χ0n) is 17.1. The zero-order chi connectivity index (χ0) is 22.9. The van der Waals surface area contributed by atoms with Crippen molar-refractivity contribution in [3.8, 4) is 5.75 Å². The summed E-state index contributed by atoms with van der Waals surface area (Å²) in [4.78, 5) is 56.8. The first-order valence-corrected chi connectivity index (χ1v) is 8.96. The molecule has 1 atom stereocenters. The molecule has 0 saturated heterocycles. The van der Waals surface area contributed by atoms with Crippen LogP contribution in [0.15, 0.2) is 24.3 Å². The summed E-state index contributed by atoms with van der Waals surface area (Å²) in [5.74, 6) is -2.45. The predicted octanol–water partition coefficient (Wildman–Crippen LogP) is 1.53. The minimum Gasteiger partial charge on any atom is -0.465 e. The van der Waals surface area contributed by atoms with Crippen molar-refractivity contribution in [3.05, 3.63) is 34.4 Å². The molecule has 0 heterocycles. The Morgan fingerprint density at radius 2 is 1.70 bits per heavy atom. The molecule has 164 valence electrons. The van der Waals surface area contributed by atoms with Crippen LogP contribution in [-0.4, -0.2) is 48.0 Å². The Morgan fingerprint density at radius 3 is 2.20 bits per heavy atom. The number of benzene rings is 1. The Morgan fingerprint density at radius 1 is 1.10 bits per heavy atom. The lowest BCUT2D eigenvalue weighted by atomic mass is 9.86. The molecule has 1 N–H and O–H groups in total. The van der Waals surface area contributed by atoms with Crippen LogP contribution in [0.1, 0.15) is 34.1 Å². The maximum atomic E-state index is 12.5. The number of nitro groups is 1. The van der Waals surface area contributed by atoms with Crippen LogP contribution >= 0.6 is 0 Å². The molecule has 11 nitrogen and oxygen atoms in total. The molecule has 11 heteroatoms. The fourth-order valence-corrected chi connectivity index (χ4v) is 2.30. The summed E-state index contributed by atoms with van der Waals surface area (Å²) in [6.45, 7) is 5.28. The number of rotatable bonds is 10. The van der Waals surface area contributed by atoms with Crippen molar-refractivity contribution in [1.82, 2.24) is 5.32 Å². The van der Waals surface area contributed by atoms with Crippen LogP contribution in [0.3, 0.4) is 0 Å². The predicted molar refractivity (Wildman–Crippen MR) is 102 cm³/mol. The first-order chi connectivity index (χ1) is 13.9. The molecule has 0 aliphatic rings. The summed E-state index contributed by atoms with van der Waals surface area (Å²) in [5.41, 5.74) is -1.16. The van der Waals surface area contributed by atoms with Gasteiger partial charge in [0.05, 0.1) is 11.3 Å². The van der Waals surface area contributed by atoms with E-state index >= 15 is 0 Å². The highest BCUT2D eigenvalue weighted by molar-refractivity contribution is 5.84. The maximum Gasteiger partial charge on any atom is 0.312 e. The van der Waals surface area contributed by atoms with Gasteiger partial charge in [0.2, 0.25) is 0 Å². The zero-order valence-corrected chi connectivity index (χ0v) is 17.1. The molecule has 0 aliphatic heterocycles. The normalized spacial score (nSPS) is 11.7. The molecular formula is C19H24N2O9. The topological polar surface area (TPSA) is 151 Å². The number of nitrogens with zero attached hydrogens (tertiary/aromatic N) is 1. The Bertz CT molecular complexity index is 803. The van der Waals surface area contributed by atoms with Gasteiger partial charge in [0, 0.05) is 37.9 Å². The third kappa shape index (κ3) is 8.25. The lowest BCUT2D eigenvalue weighted by molar-refractivity contribution is -0.384. The largest absolute Gasteiger partial charge is 0.465 e. The molecule has 0 aliphatic carbocycles. The lowest BCUT2D eigenvalue weighted by Gasteiger charge is -2.31. The van der Waals surface area contributed by atoms with Crippen LogP contribution in [0.25, 0.3) is 0 Å². The second-order valence-corrected chi connectivity index (χ2v) is 7.02. The number of carbonyl (C=O) groups is 4. The summed E-state index contributed by atoms with van der Waals surface area (Å²) in [7, 11) is 0. The van der Waals surface area contributed by atoms with Gasteiger partial charge in [-0.2, -0.15) is 0 Å². The summed E-state index contributed by atoms with van der Waals surface area (Å²) in [6.07, 6.45) is -1.44. The van der Waals surface area contributed by atoms with Crippen molar-refractivity contribution in [3.63, 3.8) is 0 Å². The fourth-order valence-electron chi connectivity index (χ4n) is 2.30. The molecule has 1 aromatic carbocycles. The van der Waals surface area contributed by atoms with Crippen molar-refractivity contribution in [2.24, 2.45) is 5.41 Å². The Kier molecular flexibility index (Phi) is 8.90. The van der Waals surface area contributed by atoms with Gasteiger partial charge in [0.15, 0.2) is 6.10 Å². The van der Waals surface area contributed by atoms with Crippen molar-refractivity contribution in [1.29, 1.82) is 0 Å². The van der Waals surface area contributed by atoms with E-state index in [0.717, 1.165) is 6.92 Å². The first-order valence-electron chi connectivity index (χ1n) is 8.96. The van der Waals surface area contributed by atoms with E-state index in [1.807, 2.05) is 0 Å². The van der Waals surface area contributed by atoms with E-state index in [9.17, 15) is 29.3 Å². The minimum absolute atomic E-state index is 0.105. The molecule has 30 heavy (non-hydrogen) atoms. The molecule has 0 bridgehead atoms. The van der Waals surface area contributed by atoms with E-state index < -0.39 is 40.3 Å². The van der Waals surface area contributed by atoms with E-state index in [2.05, 4.69) is 5.32 Å². The van der Waals surface area contributed by atoms with Gasteiger partial charge in [0.25, 0.3) is 11.6 Å². The molecule has 1 unspecified atom stereocenters. The third-order valence-electron chi connectivity index (χ3n) is 3.79. The number of nitrogens with one attached hydrogen (secondary N) is 1. The molecule has 1 rings (SSSR count). The number of esters is 3. The molecule has 0 spiro atoms. The fraction of sp³-hybridized carbons (Fsp3) is 0.474. The smallest absolute Gasteiger partial charge is 0.312 e. The van der Waals surface area contributed by atoms with Crippen molar-refractivity contribution in [2.75, 3.05) is 13.2 Å². The molecule has 0 saturated carbocycles. The van der Waals surface area contributed by atoms with E-state index in [-0.39, 0.29) is 31.0 Å². The number of nitro benzene ring substituents is 1. The number of hydrogen-bond donors (Lipinski definition) is 1. The average Bonchev–Trinajstić information content (AvgIpc) is 2.64. The van der Waals surface area contributed by atoms with Gasteiger partial charge in [-0.15, -0.1) is 0 Å². The second kappa shape index (κ2) is 10.9. The van der Waals surface area contributed by atoms with Crippen LogP contribution in [-0.2, 0) is 28.7 Å². The molecule has 0 radical (unpaired) electrons. The van der Waals surface area contributed by atoms with Gasteiger partial charge < -0.3 is 19.5 Å². The summed E-state index contributed by atoms with van der Waals surface area (Å²) in [5, 5.41) is 13.1. The lowest BCUT2D eigenvalue weighted by Crippen LogP contribution is -2.49. The summed E-state index contributed by atoms with van der Waals surface area (Å²) < 4.78 is 15.0. The molecular weight excluding hydrogens is 400 g/mol. The SMILES string of the molecule is CC(=O)OCC(C)(C)C(OC(C)=O)C(=O)NCCC(=O)Oc1ccc([N+](=O)[O-])cc1. The van der Waals surface area contributed by atoms with Crippen LogP contribution in [0, 0.1) is 15.5 Å². The monoisotopic (exact) mass is 424 g/mol. The number of non-ortho nitro benzene ring substituents is 1. The number of ether oxygens (including phenoxy) is 3. The van der Waals surface area contributed by atoms with Crippen LogP contribution < -0.4 is 10.1 Å². The first kappa shape index (κ1) is 24.5. The summed E-state index contributed by atoms with van der Waals surface area (Å²) >= 11 is 0. The highest BCUT2D eigenvalue weighted by atomic mass is 16.6. The van der Waals surface area contributed by atoms with Gasteiger partial charge in [-0.3, -0.25) is 29.3 Å². The summed E-state index contributed by atoms with van der Waals surface area (Å²) in [6, 6.07) is 4.95. The van der Waals surface area contributed by atoms with Crippen molar-refractivity contribution >= 4 is 29.5 Å². The van der Waals surface area contributed by atoms with Gasteiger partial charge in [-0.05, 0) is 12.1 Å². The Balaban J connectivity index is 2.61. The number of carbonyl (C=O) groups excluding carboxylic acids is 4. The molecule has 0 fully saturated rings. The van der Waals surface area contributed by atoms with Crippen LogP contribution in [0.5, 0.6) is 5.75 Å². The number of hydrogen-bond acceptors (Lipinski definition) is 9. The number of amides is 1. The van der Waals surface area contributed by atoms with Crippen molar-refractivity contribution < 1.29 is 38.3 Å². The quantitative estimate of drug-likeness (QED) is 0.255. The van der Waals surface area contributed by atoms with Gasteiger partial charge in [-0.1, -0.05) is 13.8 Å². The van der Waals surface area contributed by atoms with E-state index in [0.29, 0.717) is 0 Å². The van der Waals surface area contributed by atoms with E-state index in [4.69, 9.17) is 14.2 Å².